The summed E-state index contributed by atoms with van der Waals surface area (Å²) in [7, 11) is 0. The van der Waals surface area contributed by atoms with Gasteiger partial charge in [0.05, 0.1) is 26.9 Å². The maximum absolute atomic E-state index is 5.33. The highest BCUT2D eigenvalue weighted by Crippen LogP contribution is 2.40. The maximum Gasteiger partial charge on any atom is 0.235 e. The van der Waals surface area contributed by atoms with Crippen LogP contribution < -0.4 is 10.4 Å². The lowest BCUT2D eigenvalue weighted by atomic mass is 9.98. The highest BCUT2D eigenvalue weighted by Gasteiger charge is 2.23. The largest absolute Gasteiger partial charge is 0.276 e. The molecule has 0 spiro atoms. The van der Waals surface area contributed by atoms with Gasteiger partial charge < -0.3 is 0 Å². The molecule has 5 aromatic carbocycles. The van der Waals surface area contributed by atoms with E-state index in [1.165, 1.54) is 46.9 Å². The lowest BCUT2D eigenvalue weighted by molar-refractivity contribution is 1.02. The van der Waals surface area contributed by atoms with Gasteiger partial charge in [0, 0.05) is 37.2 Å². The zero-order valence-electron chi connectivity index (χ0n) is 21.6. The number of thiophene rings is 1. The molecule has 4 heteroatoms. The molecular formula is C36H23N3S. The molecule has 3 heterocycles. The van der Waals surface area contributed by atoms with Gasteiger partial charge in [0.1, 0.15) is 0 Å². The molecule has 0 unspecified atom stereocenters. The summed E-state index contributed by atoms with van der Waals surface area (Å²) in [5, 5.41) is 9.01. The van der Waals surface area contributed by atoms with Crippen molar-refractivity contribution in [3.05, 3.63) is 114 Å². The van der Waals surface area contributed by atoms with Crippen LogP contribution in [0.4, 0.5) is 0 Å². The molecule has 9 rings (SSSR count). The van der Waals surface area contributed by atoms with Crippen molar-refractivity contribution in [1.29, 1.82) is 0 Å². The molecule has 0 saturated heterocycles. The minimum atomic E-state index is 0.710. The van der Waals surface area contributed by atoms with Gasteiger partial charge in [-0.1, -0.05) is 97.1 Å². The molecule has 0 saturated carbocycles. The summed E-state index contributed by atoms with van der Waals surface area (Å²) in [5.41, 5.74) is 5.34. The Kier molecular flexibility index (Phi) is 4.60. The van der Waals surface area contributed by atoms with Gasteiger partial charge in [-0.2, -0.15) is 0 Å². The van der Waals surface area contributed by atoms with Gasteiger partial charge in [-0.3, -0.25) is 4.57 Å². The minimum Gasteiger partial charge on any atom is -0.276 e. The van der Waals surface area contributed by atoms with E-state index in [-0.39, 0.29) is 0 Å². The number of para-hydroxylation sites is 2. The fourth-order valence-electron chi connectivity index (χ4n) is 6.54. The van der Waals surface area contributed by atoms with Gasteiger partial charge in [-0.25, -0.2) is 9.97 Å². The summed E-state index contributed by atoms with van der Waals surface area (Å²) in [6.45, 7) is 0. The summed E-state index contributed by atoms with van der Waals surface area (Å²) in [5.74, 6) is 0.710. The molecule has 0 radical (unpaired) electrons. The first kappa shape index (κ1) is 22.1. The van der Waals surface area contributed by atoms with E-state index in [2.05, 4.69) is 120 Å². The van der Waals surface area contributed by atoms with Crippen LogP contribution >= 0.6 is 11.3 Å². The van der Waals surface area contributed by atoms with E-state index in [1.54, 1.807) is 0 Å². The van der Waals surface area contributed by atoms with E-state index < -0.39 is 0 Å². The second-order valence-corrected chi connectivity index (χ2v) is 11.5. The van der Waals surface area contributed by atoms with E-state index in [9.17, 15) is 0 Å². The van der Waals surface area contributed by atoms with Gasteiger partial charge in [-0.05, 0) is 41.5 Å². The van der Waals surface area contributed by atoms with E-state index in [0.717, 1.165) is 40.5 Å². The van der Waals surface area contributed by atoms with E-state index in [1.807, 2.05) is 11.3 Å². The van der Waals surface area contributed by atoms with Crippen LogP contribution in [0, 0.1) is 0 Å². The number of hydrogen-bond donors (Lipinski definition) is 0. The molecule has 0 bridgehead atoms. The molecule has 1 aliphatic carbocycles. The van der Waals surface area contributed by atoms with Crippen molar-refractivity contribution in [1.82, 2.24) is 14.5 Å². The van der Waals surface area contributed by atoms with Gasteiger partial charge in [0.15, 0.2) is 0 Å². The predicted molar refractivity (Wildman–Crippen MR) is 170 cm³/mol. The third-order valence-electron chi connectivity index (χ3n) is 8.22. The van der Waals surface area contributed by atoms with Crippen molar-refractivity contribution in [2.45, 2.75) is 12.8 Å². The molecule has 8 aromatic rings. The normalized spacial score (nSPS) is 13.2. The van der Waals surface area contributed by atoms with Crippen LogP contribution in [-0.2, 0) is 0 Å². The lowest BCUT2D eigenvalue weighted by Crippen LogP contribution is -2.28. The fraction of sp³-hybridized carbons (Fsp3) is 0.0556. The molecule has 40 heavy (non-hydrogen) atoms. The predicted octanol–water partition coefficient (Wildman–Crippen LogP) is 8.12. The van der Waals surface area contributed by atoms with E-state index in [0.29, 0.717) is 5.95 Å². The molecule has 3 nitrogen and oxygen atoms in total. The van der Waals surface area contributed by atoms with Gasteiger partial charge in [0.2, 0.25) is 5.95 Å². The van der Waals surface area contributed by atoms with Crippen molar-refractivity contribution in [3.63, 3.8) is 0 Å². The summed E-state index contributed by atoms with van der Waals surface area (Å²) in [4.78, 5) is 10.5. The topological polar surface area (TPSA) is 30.7 Å². The highest BCUT2D eigenvalue weighted by atomic mass is 32.1. The van der Waals surface area contributed by atoms with E-state index >= 15 is 0 Å². The highest BCUT2D eigenvalue weighted by molar-refractivity contribution is 7.26. The average Bonchev–Trinajstić information content (AvgIpc) is 3.58. The molecule has 188 valence electrons. The number of hydrogen-bond acceptors (Lipinski definition) is 3. The van der Waals surface area contributed by atoms with Crippen LogP contribution in [0.15, 0.2) is 103 Å². The lowest BCUT2D eigenvalue weighted by Gasteiger charge is -2.12. The van der Waals surface area contributed by atoms with Crippen LogP contribution in [0.25, 0.3) is 82.2 Å². The van der Waals surface area contributed by atoms with Crippen molar-refractivity contribution >= 4 is 76.4 Å². The summed E-state index contributed by atoms with van der Waals surface area (Å²) in [6.07, 6.45) is 7.02. The van der Waals surface area contributed by atoms with Crippen LogP contribution in [0.5, 0.6) is 0 Å². The number of aromatic nitrogens is 3. The molecule has 1 aliphatic rings. The van der Waals surface area contributed by atoms with Crippen LogP contribution in [0.3, 0.4) is 0 Å². The quantitative estimate of drug-likeness (QED) is 0.226. The number of rotatable bonds is 2. The van der Waals surface area contributed by atoms with Crippen LogP contribution in [-0.4, -0.2) is 14.5 Å². The Hall–Kier alpha value is -4.80. The van der Waals surface area contributed by atoms with Crippen molar-refractivity contribution in [2.24, 2.45) is 0 Å². The zero-order chi connectivity index (χ0) is 26.2. The SMILES string of the molecule is C1=c2c(c3c4ccccc4n(-c4nc(-c5ccccc5)c5ccccc5n4)c3c3sc4ccccc4c23)=CCC1. The second kappa shape index (κ2) is 8.35. The van der Waals surface area contributed by atoms with Gasteiger partial charge >= 0.3 is 0 Å². The van der Waals surface area contributed by atoms with Crippen LogP contribution in [0.1, 0.15) is 12.8 Å². The Bertz CT molecular complexity index is 2430. The number of benzene rings is 5. The first-order valence-electron chi connectivity index (χ1n) is 13.8. The molecule has 0 amide bonds. The van der Waals surface area contributed by atoms with Crippen molar-refractivity contribution in [2.75, 3.05) is 0 Å². The molecule has 0 fully saturated rings. The zero-order valence-corrected chi connectivity index (χ0v) is 22.5. The standard InChI is InChI=1S/C36H23N3S/c1-2-12-22(13-3-1)33-25-16-6-9-19-28(25)37-36(38-33)39-29-20-10-7-17-26(29)31-23-14-4-5-15-24(23)32-27-18-8-11-21-30(27)40-35(32)34(31)39/h1-3,6-21H,4-5H2. The first-order valence-corrected chi connectivity index (χ1v) is 14.6. The Morgan fingerprint density at radius 2 is 1.27 bits per heavy atom. The number of nitrogens with zero attached hydrogens (tertiary/aromatic N) is 3. The van der Waals surface area contributed by atoms with Gasteiger partial charge in [0.25, 0.3) is 0 Å². The van der Waals surface area contributed by atoms with Crippen molar-refractivity contribution in [3.8, 4) is 17.2 Å². The van der Waals surface area contributed by atoms with E-state index in [4.69, 9.17) is 9.97 Å². The van der Waals surface area contributed by atoms with Gasteiger partial charge in [-0.15, -0.1) is 11.3 Å². The Balaban J connectivity index is 1.54. The Morgan fingerprint density at radius 1 is 0.600 bits per heavy atom. The molecule has 0 atom stereocenters. The average molecular weight is 530 g/mol. The molecular weight excluding hydrogens is 506 g/mol. The Morgan fingerprint density at radius 3 is 2.12 bits per heavy atom. The Labute approximate surface area is 234 Å². The third-order valence-corrected chi connectivity index (χ3v) is 9.39. The molecule has 0 N–H and O–H groups in total. The maximum atomic E-state index is 5.33. The molecule has 3 aromatic heterocycles. The second-order valence-electron chi connectivity index (χ2n) is 10.4. The van der Waals surface area contributed by atoms with Crippen molar-refractivity contribution < 1.29 is 0 Å². The smallest absolute Gasteiger partial charge is 0.235 e. The monoisotopic (exact) mass is 529 g/mol. The summed E-state index contributed by atoms with van der Waals surface area (Å²) < 4.78 is 4.94. The minimum absolute atomic E-state index is 0.710. The van der Waals surface area contributed by atoms with Crippen LogP contribution in [0.2, 0.25) is 0 Å². The molecule has 0 aliphatic heterocycles. The summed E-state index contributed by atoms with van der Waals surface area (Å²) >= 11 is 1.88. The fourth-order valence-corrected chi connectivity index (χ4v) is 7.80. The first-order chi connectivity index (χ1) is 19.9. The summed E-state index contributed by atoms with van der Waals surface area (Å²) in [6, 6.07) is 36.4. The third kappa shape index (κ3) is 3.00. The number of fused-ring (bicyclic) bond motifs is 11.